The number of thioether (sulfide) groups is 1. The highest BCUT2D eigenvalue weighted by molar-refractivity contribution is 7.99. The molecule has 0 saturated carbocycles. The quantitative estimate of drug-likeness (QED) is 0.455. The van der Waals surface area contributed by atoms with Crippen molar-refractivity contribution in [3.05, 3.63) is 64.7 Å². The maximum absolute atomic E-state index is 12.6. The summed E-state index contributed by atoms with van der Waals surface area (Å²) >= 11 is 7.19. The van der Waals surface area contributed by atoms with Crippen LogP contribution >= 0.6 is 23.4 Å². The highest BCUT2D eigenvalue weighted by atomic mass is 35.5. The van der Waals surface area contributed by atoms with Crippen LogP contribution in [-0.2, 0) is 11.3 Å². The Balaban J connectivity index is 1.22. The van der Waals surface area contributed by atoms with Gasteiger partial charge < -0.3 is 9.32 Å². The molecule has 3 aromatic rings. The fourth-order valence-electron chi connectivity index (χ4n) is 3.61. The topological polar surface area (TPSA) is 62.5 Å². The highest BCUT2D eigenvalue weighted by Gasteiger charge is 2.22. The van der Waals surface area contributed by atoms with Crippen LogP contribution in [0.1, 0.15) is 30.9 Å². The van der Waals surface area contributed by atoms with Crippen LogP contribution in [0.5, 0.6) is 0 Å². The van der Waals surface area contributed by atoms with Gasteiger partial charge in [0.2, 0.25) is 11.8 Å². The molecule has 1 saturated heterocycles. The molecule has 1 aromatic heterocycles. The Morgan fingerprint density at radius 2 is 1.72 bits per heavy atom. The van der Waals surface area contributed by atoms with Crippen LogP contribution in [0.4, 0.5) is 0 Å². The molecule has 1 aliphatic rings. The molecule has 1 aliphatic heterocycles. The molecule has 2 heterocycles. The van der Waals surface area contributed by atoms with E-state index in [1.807, 2.05) is 17.0 Å². The van der Waals surface area contributed by atoms with Gasteiger partial charge in [0.15, 0.2) is 0 Å². The Hall–Kier alpha value is -2.35. The maximum atomic E-state index is 12.6. The standard InChI is InChI=1S/C24H27ClN4O2S/c1-17(2)19-5-3-18(4-6-19)15-28-11-13-29(14-12-28)22(30)16-32-24-27-26-23(31-24)20-7-9-21(25)10-8-20/h3-10,17H,11-16H2,1-2H3. The molecule has 0 N–H and O–H groups in total. The van der Waals surface area contributed by atoms with Crippen molar-refractivity contribution in [2.75, 3.05) is 31.9 Å². The lowest BCUT2D eigenvalue weighted by Crippen LogP contribution is -2.48. The van der Waals surface area contributed by atoms with Gasteiger partial charge in [-0.1, -0.05) is 61.5 Å². The van der Waals surface area contributed by atoms with E-state index in [1.54, 1.807) is 12.1 Å². The third kappa shape index (κ3) is 5.91. The van der Waals surface area contributed by atoms with Gasteiger partial charge in [0.05, 0.1) is 5.75 Å². The number of carbonyl (C=O) groups is 1. The first-order chi connectivity index (χ1) is 15.5. The van der Waals surface area contributed by atoms with E-state index in [-0.39, 0.29) is 5.91 Å². The predicted molar refractivity (Wildman–Crippen MR) is 128 cm³/mol. The number of carbonyl (C=O) groups excluding carboxylic acids is 1. The van der Waals surface area contributed by atoms with Crippen LogP contribution in [0.25, 0.3) is 11.5 Å². The van der Waals surface area contributed by atoms with E-state index in [0.29, 0.717) is 27.8 Å². The molecular formula is C24H27ClN4O2S. The number of benzene rings is 2. The average Bonchev–Trinajstić information content (AvgIpc) is 3.28. The maximum Gasteiger partial charge on any atom is 0.277 e. The van der Waals surface area contributed by atoms with Gasteiger partial charge in [0.25, 0.3) is 5.22 Å². The number of hydrogen-bond donors (Lipinski definition) is 0. The molecule has 4 rings (SSSR count). The van der Waals surface area contributed by atoms with Crippen molar-refractivity contribution in [3.8, 4) is 11.5 Å². The van der Waals surface area contributed by atoms with Crippen LogP contribution in [0.2, 0.25) is 5.02 Å². The number of amides is 1. The smallest absolute Gasteiger partial charge is 0.277 e. The summed E-state index contributed by atoms with van der Waals surface area (Å²) in [6, 6.07) is 16.1. The lowest BCUT2D eigenvalue weighted by atomic mass is 10.0. The van der Waals surface area contributed by atoms with Crippen molar-refractivity contribution in [2.24, 2.45) is 0 Å². The van der Waals surface area contributed by atoms with Gasteiger partial charge in [-0.05, 0) is 41.3 Å². The van der Waals surface area contributed by atoms with Gasteiger partial charge >= 0.3 is 0 Å². The second-order valence-corrected chi connectivity index (χ2v) is 9.58. The molecule has 0 bridgehead atoms. The van der Waals surface area contributed by atoms with Gasteiger partial charge in [0.1, 0.15) is 0 Å². The molecule has 32 heavy (non-hydrogen) atoms. The number of halogens is 1. The van der Waals surface area contributed by atoms with Crippen molar-refractivity contribution in [2.45, 2.75) is 31.5 Å². The monoisotopic (exact) mass is 470 g/mol. The van der Waals surface area contributed by atoms with Crippen LogP contribution in [0.15, 0.2) is 58.2 Å². The van der Waals surface area contributed by atoms with Crippen molar-refractivity contribution in [1.82, 2.24) is 20.0 Å². The Morgan fingerprint density at radius 1 is 1.03 bits per heavy atom. The first kappa shape index (κ1) is 22.8. The minimum Gasteiger partial charge on any atom is -0.411 e. The van der Waals surface area contributed by atoms with Crippen LogP contribution < -0.4 is 0 Å². The van der Waals surface area contributed by atoms with Gasteiger partial charge in [-0.3, -0.25) is 9.69 Å². The first-order valence-corrected chi connectivity index (χ1v) is 12.2. The molecule has 8 heteroatoms. The molecule has 6 nitrogen and oxygen atoms in total. The molecule has 0 radical (unpaired) electrons. The van der Waals surface area contributed by atoms with Crippen LogP contribution in [-0.4, -0.2) is 57.8 Å². The number of piperazine rings is 1. The molecule has 0 spiro atoms. The fourth-order valence-corrected chi connectivity index (χ4v) is 4.41. The normalized spacial score (nSPS) is 14.8. The SMILES string of the molecule is CC(C)c1ccc(CN2CCN(C(=O)CSc3nnc(-c4ccc(Cl)cc4)o3)CC2)cc1. The summed E-state index contributed by atoms with van der Waals surface area (Å²) in [6.07, 6.45) is 0. The highest BCUT2D eigenvalue weighted by Crippen LogP contribution is 2.24. The second-order valence-electron chi connectivity index (χ2n) is 8.22. The lowest BCUT2D eigenvalue weighted by molar-refractivity contribution is -0.130. The van der Waals surface area contributed by atoms with E-state index < -0.39 is 0 Å². The number of rotatable bonds is 7. The molecule has 0 unspecified atom stereocenters. The summed E-state index contributed by atoms with van der Waals surface area (Å²) in [5.74, 6) is 1.36. The van der Waals surface area contributed by atoms with Crippen molar-refractivity contribution in [3.63, 3.8) is 0 Å². The van der Waals surface area contributed by atoms with E-state index in [2.05, 4.69) is 53.2 Å². The molecule has 1 amide bonds. The van der Waals surface area contributed by atoms with Crippen molar-refractivity contribution >= 4 is 29.3 Å². The van der Waals surface area contributed by atoms with E-state index in [9.17, 15) is 4.79 Å². The number of nitrogens with zero attached hydrogens (tertiary/aromatic N) is 4. The predicted octanol–water partition coefficient (Wildman–Crippen LogP) is 4.95. The summed E-state index contributed by atoms with van der Waals surface area (Å²) < 4.78 is 5.67. The minimum atomic E-state index is 0.0992. The van der Waals surface area contributed by atoms with Crippen LogP contribution in [0.3, 0.4) is 0 Å². The zero-order valence-electron chi connectivity index (χ0n) is 18.3. The average molecular weight is 471 g/mol. The van der Waals surface area contributed by atoms with E-state index >= 15 is 0 Å². The van der Waals surface area contributed by atoms with Gasteiger partial charge in [-0.15, -0.1) is 10.2 Å². The zero-order valence-corrected chi connectivity index (χ0v) is 19.9. The molecule has 0 aliphatic carbocycles. The van der Waals surface area contributed by atoms with Crippen molar-refractivity contribution < 1.29 is 9.21 Å². The summed E-state index contributed by atoms with van der Waals surface area (Å²) in [7, 11) is 0. The Kier molecular flexibility index (Phi) is 7.50. The largest absolute Gasteiger partial charge is 0.411 e. The molecular weight excluding hydrogens is 444 g/mol. The Labute approximate surface area is 197 Å². The molecule has 2 aromatic carbocycles. The summed E-state index contributed by atoms with van der Waals surface area (Å²) in [6.45, 7) is 8.58. The summed E-state index contributed by atoms with van der Waals surface area (Å²) in [5, 5.41) is 9.15. The zero-order chi connectivity index (χ0) is 22.5. The summed E-state index contributed by atoms with van der Waals surface area (Å²) in [4.78, 5) is 17.0. The molecule has 1 fully saturated rings. The Morgan fingerprint density at radius 3 is 2.38 bits per heavy atom. The van der Waals surface area contributed by atoms with Crippen LogP contribution in [0, 0.1) is 0 Å². The first-order valence-electron chi connectivity index (χ1n) is 10.8. The Bertz CT molecular complexity index is 1030. The van der Waals surface area contributed by atoms with Gasteiger partial charge in [0, 0.05) is 43.3 Å². The van der Waals surface area contributed by atoms with Crippen molar-refractivity contribution in [1.29, 1.82) is 0 Å². The minimum absolute atomic E-state index is 0.0992. The number of hydrogen-bond acceptors (Lipinski definition) is 6. The molecule has 168 valence electrons. The van der Waals surface area contributed by atoms with Gasteiger partial charge in [-0.2, -0.15) is 0 Å². The van der Waals surface area contributed by atoms with E-state index in [4.69, 9.17) is 16.0 Å². The fraction of sp³-hybridized carbons (Fsp3) is 0.375. The van der Waals surface area contributed by atoms with Gasteiger partial charge in [-0.25, -0.2) is 0 Å². The number of aromatic nitrogens is 2. The lowest BCUT2D eigenvalue weighted by Gasteiger charge is -2.34. The third-order valence-corrected chi connectivity index (χ3v) is 6.65. The second kappa shape index (κ2) is 10.5. The third-order valence-electron chi connectivity index (χ3n) is 5.59. The molecule has 0 atom stereocenters. The van der Waals surface area contributed by atoms with E-state index in [1.165, 1.54) is 22.9 Å². The summed E-state index contributed by atoms with van der Waals surface area (Å²) in [5.41, 5.74) is 3.48. The van der Waals surface area contributed by atoms with E-state index in [0.717, 1.165) is 38.3 Å².